The first-order valence-corrected chi connectivity index (χ1v) is 39.5. The van der Waals surface area contributed by atoms with Crippen molar-refractivity contribution in [2.75, 3.05) is 0 Å². The number of benzene rings is 16. The van der Waals surface area contributed by atoms with Gasteiger partial charge in [0.1, 0.15) is 0 Å². The fourth-order valence-electron chi connectivity index (χ4n) is 17.0. The summed E-state index contributed by atoms with van der Waals surface area (Å²) in [7, 11) is 0. The van der Waals surface area contributed by atoms with E-state index >= 15 is 0 Å². The Kier molecular flexibility index (Phi) is 16.1. The van der Waals surface area contributed by atoms with Gasteiger partial charge >= 0.3 is 0 Å². The van der Waals surface area contributed by atoms with E-state index in [0.717, 1.165) is 66.4 Å². The molecule has 0 saturated heterocycles. The minimum atomic E-state index is 0.110. The topological polar surface area (TPSA) is 66.3 Å². The average molecular weight is 1460 g/mol. The lowest BCUT2D eigenvalue weighted by Crippen LogP contribution is -2.10. The Labute approximate surface area is 657 Å². The van der Waals surface area contributed by atoms with Crippen LogP contribution in [0.1, 0.15) is 31.9 Å². The standard InChI is InChI=1S/C54H40N4.C51H33N3S/c1-54(2,3)40-27-29-41(30-28-40)57-48-19-11-8-15-42(48)45-33-38(25-31-50(45)57)35-21-23-36(24-22-35)39-26-32-51-46(34-39)43-16-9-12-20-49(43)58(51)53-55-47-18-10-7-17-44(47)52(56-53)37-13-5-4-6-14-37;1-32-29-38(23-26-39(32)35-11-3-2-4-12-35)50-42-15-5-8-16-45(42)52-51(53-50)54-46-17-9-6-13-40(46)43-30-36(24-27-47(43)54)33-19-21-34(22-20-33)37-25-28-49-44(31-37)41-14-7-10-18-48(41)55-49/h4-34H,1-3H3;2-31H,1H3. The summed E-state index contributed by atoms with van der Waals surface area (Å²) in [6.07, 6.45) is 0. The highest BCUT2D eigenvalue weighted by molar-refractivity contribution is 7.25. The van der Waals surface area contributed by atoms with Gasteiger partial charge in [-0.2, -0.15) is 0 Å². The molecule has 7 nitrogen and oxygen atoms in total. The second kappa shape index (κ2) is 27.1. The Balaban J connectivity index is 0.000000142. The molecule has 0 aliphatic carbocycles. The van der Waals surface area contributed by atoms with Crippen LogP contribution in [0.25, 0.3) is 203 Å². The van der Waals surface area contributed by atoms with Crippen LogP contribution in [0.4, 0.5) is 0 Å². The van der Waals surface area contributed by atoms with Gasteiger partial charge in [-0.15, -0.1) is 11.3 Å². The monoisotopic (exact) mass is 1460 g/mol. The minimum Gasteiger partial charge on any atom is -0.309 e. The predicted molar refractivity (Wildman–Crippen MR) is 476 cm³/mol. The van der Waals surface area contributed by atoms with Crippen LogP contribution in [0.2, 0.25) is 0 Å². The molecule has 0 N–H and O–H groups in total. The van der Waals surface area contributed by atoms with E-state index < -0.39 is 0 Å². The zero-order chi connectivity index (χ0) is 75.4. The number of aromatic nitrogens is 7. The van der Waals surface area contributed by atoms with Gasteiger partial charge in [0.25, 0.3) is 0 Å². The van der Waals surface area contributed by atoms with Crippen molar-refractivity contribution in [3.05, 3.63) is 381 Å². The molecule has 0 unspecified atom stereocenters. The second-order valence-electron chi connectivity index (χ2n) is 30.6. The van der Waals surface area contributed by atoms with Crippen molar-refractivity contribution < 1.29 is 0 Å². The highest BCUT2D eigenvalue weighted by Gasteiger charge is 2.23. The maximum absolute atomic E-state index is 5.36. The minimum absolute atomic E-state index is 0.110. The zero-order valence-corrected chi connectivity index (χ0v) is 63.6. The van der Waals surface area contributed by atoms with E-state index in [0.29, 0.717) is 11.9 Å². The fourth-order valence-corrected chi connectivity index (χ4v) is 18.1. The first kappa shape index (κ1) is 67.0. The summed E-state index contributed by atoms with van der Waals surface area (Å²) < 4.78 is 9.49. The normalized spacial score (nSPS) is 11.9. The molecule has 16 aromatic carbocycles. The summed E-state index contributed by atoms with van der Waals surface area (Å²) in [6, 6.07) is 133. The summed E-state index contributed by atoms with van der Waals surface area (Å²) in [4.78, 5) is 20.9. The van der Waals surface area contributed by atoms with Crippen LogP contribution < -0.4 is 0 Å². The van der Waals surface area contributed by atoms with Crippen molar-refractivity contribution in [2.45, 2.75) is 33.1 Å². The summed E-state index contributed by atoms with van der Waals surface area (Å²) in [6.45, 7) is 8.97. The third-order valence-corrected chi connectivity index (χ3v) is 23.9. The van der Waals surface area contributed by atoms with Crippen LogP contribution in [0.5, 0.6) is 0 Å². The van der Waals surface area contributed by atoms with Crippen LogP contribution in [-0.2, 0) is 5.41 Å². The second-order valence-corrected chi connectivity index (χ2v) is 31.6. The van der Waals surface area contributed by atoms with Gasteiger partial charge in [0, 0.05) is 80.1 Å². The fraction of sp³-hybridized carbons (Fsp3) is 0.0476. The number of aryl methyl sites for hydroxylation is 1. The lowest BCUT2D eigenvalue weighted by Gasteiger charge is -2.19. The maximum Gasteiger partial charge on any atom is 0.235 e. The highest BCUT2D eigenvalue weighted by atomic mass is 32.1. The van der Waals surface area contributed by atoms with Crippen molar-refractivity contribution in [1.82, 2.24) is 33.6 Å². The van der Waals surface area contributed by atoms with Crippen molar-refractivity contribution in [1.29, 1.82) is 0 Å². The molecular formula is C105H73N7S. The van der Waals surface area contributed by atoms with Gasteiger partial charge in [-0.1, -0.05) is 288 Å². The Morgan fingerprint density at radius 3 is 1.07 bits per heavy atom. The molecule has 6 heterocycles. The Morgan fingerprint density at radius 1 is 0.239 bits per heavy atom. The van der Waals surface area contributed by atoms with Crippen molar-refractivity contribution in [2.24, 2.45) is 0 Å². The lowest BCUT2D eigenvalue weighted by atomic mass is 9.87. The van der Waals surface area contributed by atoms with Crippen LogP contribution in [0.3, 0.4) is 0 Å². The smallest absolute Gasteiger partial charge is 0.235 e. The molecule has 22 aromatic rings. The van der Waals surface area contributed by atoms with Crippen molar-refractivity contribution >= 4 is 119 Å². The van der Waals surface area contributed by atoms with Gasteiger partial charge in [0.05, 0.1) is 55.5 Å². The number of hydrogen-bond acceptors (Lipinski definition) is 5. The molecule has 534 valence electrons. The first-order valence-electron chi connectivity index (χ1n) is 38.6. The quantitative estimate of drug-likeness (QED) is 0.137. The van der Waals surface area contributed by atoms with E-state index in [2.05, 4.69) is 399 Å². The van der Waals surface area contributed by atoms with E-state index in [-0.39, 0.29) is 5.41 Å². The Hall–Kier alpha value is -14.2. The summed E-state index contributed by atoms with van der Waals surface area (Å²) >= 11 is 1.86. The van der Waals surface area contributed by atoms with E-state index in [1.54, 1.807) is 0 Å². The van der Waals surface area contributed by atoms with Crippen LogP contribution in [0.15, 0.2) is 370 Å². The Morgan fingerprint density at radius 2 is 0.593 bits per heavy atom. The molecule has 6 aromatic heterocycles. The highest BCUT2D eigenvalue weighted by Crippen LogP contribution is 2.43. The van der Waals surface area contributed by atoms with Gasteiger partial charge in [-0.3, -0.25) is 9.13 Å². The van der Waals surface area contributed by atoms with Gasteiger partial charge < -0.3 is 4.57 Å². The molecule has 113 heavy (non-hydrogen) atoms. The first-order chi connectivity index (χ1) is 55.5. The van der Waals surface area contributed by atoms with Crippen LogP contribution in [-0.4, -0.2) is 33.6 Å². The SMILES string of the molecule is CC(C)(C)c1ccc(-n2c3ccccc3c3cc(-c4ccc(-c5ccc6c(c5)c5ccccc5n6-c5nc(-c6ccccc6)c6ccccc6n5)cc4)ccc32)cc1.Cc1cc(-c2nc(-n3c4ccccc4c4cc(-c5ccc(-c6ccc7sc8ccccc8c7c6)cc5)ccc43)nc3ccccc23)ccc1-c1ccccc1. The summed E-state index contributed by atoms with van der Waals surface area (Å²) in [5.74, 6) is 1.33. The average Bonchev–Trinajstić information content (AvgIpc) is 1.61. The molecule has 0 fully saturated rings. The molecule has 0 bridgehead atoms. The van der Waals surface area contributed by atoms with Gasteiger partial charge in [0.15, 0.2) is 0 Å². The van der Waals surface area contributed by atoms with Crippen molar-refractivity contribution in [3.8, 4) is 95.7 Å². The van der Waals surface area contributed by atoms with Crippen LogP contribution in [0, 0.1) is 6.92 Å². The largest absolute Gasteiger partial charge is 0.309 e. The molecule has 0 aliphatic rings. The van der Waals surface area contributed by atoms with E-state index in [1.165, 1.54) is 136 Å². The number of rotatable bonds is 10. The number of para-hydroxylation sites is 5. The number of thiophene rings is 1. The van der Waals surface area contributed by atoms with E-state index in [9.17, 15) is 0 Å². The molecule has 0 aliphatic heterocycles. The zero-order valence-electron chi connectivity index (χ0n) is 62.8. The summed E-state index contributed by atoms with van der Waals surface area (Å²) in [5.41, 5.74) is 28.4. The molecule has 0 radical (unpaired) electrons. The number of nitrogens with zero attached hydrogens (tertiary/aromatic N) is 7. The number of fused-ring (bicyclic) bond motifs is 14. The predicted octanol–water partition coefficient (Wildman–Crippen LogP) is 28.2. The summed E-state index contributed by atoms with van der Waals surface area (Å²) in [5, 5.41) is 11.9. The van der Waals surface area contributed by atoms with Crippen LogP contribution >= 0.6 is 11.3 Å². The molecule has 0 atom stereocenters. The van der Waals surface area contributed by atoms with Gasteiger partial charge in [-0.05, 0) is 182 Å². The lowest BCUT2D eigenvalue weighted by molar-refractivity contribution is 0.590. The number of hydrogen-bond donors (Lipinski definition) is 0. The molecular weight excluding hydrogens is 1390 g/mol. The molecule has 22 rings (SSSR count). The van der Waals surface area contributed by atoms with Crippen molar-refractivity contribution in [3.63, 3.8) is 0 Å². The molecule has 0 saturated carbocycles. The van der Waals surface area contributed by atoms with E-state index in [1.807, 2.05) is 23.5 Å². The third kappa shape index (κ3) is 11.7. The maximum atomic E-state index is 5.36. The Bertz CT molecular complexity index is 7510. The third-order valence-electron chi connectivity index (χ3n) is 22.7. The molecule has 8 heteroatoms. The van der Waals surface area contributed by atoms with Gasteiger partial charge in [-0.25, -0.2) is 19.9 Å². The molecule has 0 spiro atoms. The molecule has 0 amide bonds. The van der Waals surface area contributed by atoms with E-state index in [4.69, 9.17) is 19.9 Å². The van der Waals surface area contributed by atoms with Gasteiger partial charge in [0.2, 0.25) is 11.9 Å².